The molecule has 1 unspecified atom stereocenters. The number of nitrogens with zero attached hydrogens (tertiary/aromatic N) is 1. The maximum absolute atomic E-state index is 12.5. The molecule has 1 aromatic carbocycles. The first-order valence-corrected chi connectivity index (χ1v) is 7.04. The van der Waals surface area contributed by atoms with E-state index in [4.69, 9.17) is 0 Å². The van der Waals surface area contributed by atoms with Crippen molar-refractivity contribution in [2.24, 2.45) is 5.92 Å². The van der Waals surface area contributed by atoms with Crippen LogP contribution in [0.3, 0.4) is 0 Å². The lowest BCUT2D eigenvalue weighted by molar-refractivity contribution is 0.0521. The first-order chi connectivity index (χ1) is 9.00. The third kappa shape index (κ3) is 2.98. The van der Waals surface area contributed by atoms with E-state index in [0.29, 0.717) is 5.92 Å². The molecule has 1 aliphatic rings. The van der Waals surface area contributed by atoms with Crippen LogP contribution in [-0.2, 0) is 0 Å². The van der Waals surface area contributed by atoms with E-state index < -0.39 is 0 Å². The number of likely N-dealkylation sites (tertiary alicyclic amines) is 1. The van der Waals surface area contributed by atoms with E-state index in [0.717, 1.165) is 42.6 Å². The van der Waals surface area contributed by atoms with Crippen molar-refractivity contribution in [3.05, 3.63) is 34.9 Å². The maximum Gasteiger partial charge on any atom is 0.254 e. The number of piperidine rings is 1. The van der Waals surface area contributed by atoms with Gasteiger partial charge in [0, 0.05) is 18.7 Å². The Morgan fingerprint density at radius 2 is 1.95 bits per heavy atom. The summed E-state index contributed by atoms with van der Waals surface area (Å²) in [5.74, 6) is 0.466. The molecule has 1 aliphatic heterocycles. The Balaban J connectivity index is 2.07. The fourth-order valence-electron chi connectivity index (χ4n) is 2.74. The summed E-state index contributed by atoms with van der Waals surface area (Å²) in [5, 5.41) is 9.60. The molecule has 1 heterocycles. The minimum Gasteiger partial charge on any atom is -0.393 e. The van der Waals surface area contributed by atoms with Crippen molar-refractivity contribution in [2.75, 3.05) is 13.1 Å². The molecule has 1 N–H and O–H groups in total. The van der Waals surface area contributed by atoms with Crippen LogP contribution >= 0.6 is 0 Å². The summed E-state index contributed by atoms with van der Waals surface area (Å²) in [5.41, 5.74) is 3.05. The number of aliphatic hydroxyl groups is 1. The van der Waals surface area contributed by atoms with Crippen molar-refractivity contribution in [1.82, 2.24) is 4.90 Å². The van der Waals surface area contributed by atoms with E-state index >= 15 is 0 Å². The van der Waals surface area contributed by atoms with Gasteiger partial charge in [-0.3, -0.25) is 4.79 Å². The van der Waals surface area contributed by atoms with Crippen molar-refractivity contribution >= 4 is 5.91 Å². The Hall–Kier alpha value is -1.35. The monoisotopic (exact) mass is 261 g/mol. The van der Waals surface area contributed by atoms with E-state index in [1.165, 1.54) is 0 Å². The Morgan fingerprint density at radius 3 is 2.53 bits per heavy atom. The van der Waals surface area contributed by atoms with Gasteiger partial charge in [0.05, 0.1) is 6.10 Å². The molecule has 0 saturated carbocycles. The van der Waals surface area contributed by atoms with E-state index in [1.54, 1.807) is 0 Å². The number of aryl methyl sites for hydroxylation is 1. The predicted octanol–water partition coefficient (Wildman–Crippen LogP) is 2.54. The van der Waals surface area contributed by atoms with Gasteiger partial charge in [-0.2, -0.15) is 0 Å². The quantitative estimate of drug-likeness (QED) is 0.888. The number of rotatable bonds is 2. The van der Waals surface area contributed by atoms with Crippen LogP contribution in [0.2, 0.25) is 0 Å². The molecule has 3 nitrogen and oxygen atoms in total. The molecule has 1 aromatic rings. The van der Waals surface area contributed by atoms with Crippen LogP contribution in [0.25, 0.3) is 0 Å². The van der Waals surface area contributed by atoms with Crippen LogP contribution in [0.5, 0.6) is 0 Å². The molecule has 0 aliphatic carbocycles. The van der Waals surface area contributed by atoms with Crippen LogP contribution in [0, 0.1) is 19.8 Å². The zero-order valence-corrected chi connectivity index (χ0v) is 12.0. The number of carbonyl (C=O) groups is 1. The Labute approximate surface area is 115 Å². The summed E-state index contributed by atoms with van der Waals surface area (Å²) in [6.07, 6.45) is 1.53. The summed E-state index contributed by atoms with van der Waals surface area (Å²) in [4.78, 5) is 14.4. The summed E-state index contributed by atoms with van der Waals surface area (Å²) in [6.45, 7) is 7.38. The van der Waals surface area contributed by atoms with Gasteiger partial charge in [0.15, 0.2) is 0 Å². The van der Waals surface area contributed by atoms with E-state index in [2.05, 4.69) is 0 Å². The molecule has 1 atom stereocenters. The van der Waals surface area contributed by atoms with Gasteiger partial charge in [-0.15, -0.1) is 0 Å². The highest BCUT2D eigenvalue weighted by molar-refractivity contribution is 5.96. The van der Waals surface area contributed by atoms with Gasteiger partial charge in [-0.05, 0) is 56.7 Å². The lowest BCUT2D eigenvalue weighted by atomic mass is 9.91. The van der Waals surface area contributed by atoms with Gasteiger partial charge < -0.3 is 10.0 Å². The van der Waals surface area contributed by atoms with Gasteiger partial charge in [-0.25, -0.2) is 0 Å². The van der Waals surface area contributed by atoms with Crippen molar-refractivity contribution < 1.29 is 9.90 Å². The number of hydrogen-bond acceptors (Lipinski definition) is 2. The molecule has 1 amide bonds. The van der Waals surface area contributed by atoms with Crippen LogP contribution in [0.1, 0.15) is 41.3 Å². The lowest BCUT2D eigenvalue weighted by Gasteiger charge is -2.33. The molecule has 104 valence electrons. The largest absolute Gasteiger partial charge is 0.393 e. The van der Waals surface area contributed by atoms with Crippen LogP contribution < -0.4 is 0 Å². The Morgan fingerprint density at radius 1 is 1.32 bits per heavy atom. The fraction of sp³-hybridized carbons (Fsp3) is 0.562. The molecular weight excluding hydrogens is 238 g/mol. The third-order valence-electron chi connectivity index (χ3n) is 4.34. The molecule has 3 heteroatoms. The van der Waals surface area contributed by atoms with Crippen molar-refractivity contribution in [1.29, 1.82) is 0 Å². The number of carbonyl (C=O) groups excluding carboxylic acids is 1. The summed E-state index contributed by atoms with van der Waals surface area (Å²) in [7, 11) is 0. The van der Waals surface area contributed by atoms with Crippen LogP contribution in [0.15, 0.2) is 18.2 Å². The molecule has 0 aromatic heterocycles. The third-order valence-corrected chi connectivity index (χ3v) is 4.34. The second-order valence-electron chi connectivity index (χ2n) is 5.62. The standard InChI is InChI=1S/C16H23NO2/c1-11-5-4-6-15(12(11)2)16(19)17-9-7-14(8-10-17)13(3)18/h4-6,13-14,18H,7-10H2,1-3H3. The van der Waals surface area contributed by atoms with Crippen molar-refractivity contribution in [2.45, 2.75) is 39.7 Å². The Bertz CT molecular complexity index is 460. The maximum atomic E-state index is 12.5. The number of aliphatic hydroxyl groups excluding tert-OH is 1. The number of hydrogen-bond donors (Lipinski definition) is 1. The first kappa shape index (κ1) is 14.1. The van der Waals surface area contributed by atoms with Crippen LogP contribution in [-0.4, -0.2) is 35.1 Å². The molecule has 0 radical (unpaired) electrons. The van der Waals surface area contributed by atoms with Crippen molar-refractivity contribution in [3.63, 3.8) is 0 Å². The molecule has 1 fully saturated rings. The molecule has 0 spiro atoms. The van der Waals surface area contributed by atoms with E-state index in [1.807, 2.05) is 43.9 Å². The summed E-state index contributed by atoms with van der Waals surface area (Å²) in [6, 6.07) is 5.88. The second kappa shape index (κ2) is 5.74. The highest BCUT2D eigenvalue weighted by atomic mass is 16.3. The van der Waals surface area contributed by atoms with Gasteiger partial charge >= 0.3 is 0 Å². The minimum atomic E-state index is -0.266. The number of amides is 1. The lowest BCUT2D eigenvalue weighted by Crippen LogP contribution is -2.41. The molecular formula is C16H23NO2. The summed E-state index contributed by atoms with van der Waals surface area (Å²) < 4.78 is 0. The fourth-order valence-corrected chi connectivity index (χ4v) is 2.74. The van der Waals surface area contributed by atoms with Crippen LogP contribution in [0.4, 0.5) is 0 Å². The number of benzene rings is 1. The van der Waals surface area contributed by atoms with Crippen molar-refractivity contribution in [3.8, 4) is 0 Å². The highest BCUT2D eigenvalue weighted by Gasteiger charge is 2.26. The average molecular weight is 261 g/mol. The minimum absolute atomic E-state index is 0.130. The first-order valence-electron chi connectivity index (χ1n) is 7.04. The molecule has 0 bridgehead atoms. The molecule has 19 heavy (non-hydrogen) atoms. The summed E-state index contributed by atoms with van der Waals surface area (Å²) >= 11 is 0. The van der Waals surface area contributed by atoms with Gasteiger partial charge in [0.2, 0.25) is 0 Å². The van der Waals surface area contributed by atoms with Gasteiger partial charge in [0.25, 0.3) is 5.91 Å². The van der Waals surface area contributed by atoms with Gasteiger partial charge in [-0.1, -0.05) is 12.1 Å². The highest BCUT2D eigenvalue weighted by Crippen LogP contribution is 2.23. The molecule has 2 rings (SSSR count). The normalized spacial score (nSPS) is 18.4. The van der Waals surface area contributed by atoms with E-state index in [9.17, 15) is 9.90 Å². The zero-order chi connectivity index (χ0) is 14.0. The zero-order valence-electron chi connectivity index (χ0n) is 12.0. The average Bonchev–Trinajstić information content (AvgIpc) is 2.41. The second-order valence-corrected chi connectivity index (χ2v) is 5.62. The predicted molar refractivity (Wildman–Crippen MR) is 76.2 cm³/mol. The Kier molecular flexibility index (Phi) is 4.25. The smallest absolute Gasteiger partial charge is 0.254 e. The topological polar surface area (TPSA) is 40.5 Å². The molecule has 1 saturated heterocycles. The van der Waals surface area contributed by atoms with E-state index in [-0.39, 0.29) is 12.0 Å². The SMILES string of the molecule is Cc1cccc(C(=O)N2CCC(C(C)O)CC2)c1C. The van der Waals surface area contributed by atoms with Gasteiger partial charge in [0.1, 0.15) is 0 Å².